The molecule has 0 bridgehead atoms. The number of aryl methyl sites for hydroxylation is 1. The summed E-state index contributed by atoms with van der Waals surface area (Å²) in [6.45, 7) is 1.99. The number of hydrogen-bond acceptors (Lipinski definition) is 4. The van der Waals surface area contributed by atoms with Crippen molar-refractivity contribution in [1.82, 2.24) is 4.98 Å². The van der Waals surface area contributed by atoms with E-state index < -0.39 is 0 Å². The molecule has 26 heavy (non-hydrogen) atoms. The van der Waals surface area contributed by atoms with Crippen molar-refractivity contribution in [3.63, 3.8) is 0 Å². The summed E-state index contributed by atoms with van der Waals surface area (Å²) < 4.78 is 0. The number of pyridine rings is 1. The highest BCUT2D eigenvalue weighted by Crippen LogP contribution is 2.18. The van der Waals surface area contributed by atoms with Gasteiger partial charge in [0.15, 0.2) is 0 Å². The van der Waals surface area contributed by atoms with Crippen molar-refractivity contribution in [2.45, 2.75) is 13.3 Å². The first-order chi connectivity index (χ1) is 12.6. The Bertz CT molecular complexity index is 941. The van der Waals surface area contributed by atoms with Crippen LogP contribution in [0.15, 0.2) is 66.9 Å². The third-order valence-corrected chi connectivity index (χ3v) is 3.95. The number of rotatable bonds is 5. The van der Waals surface area contributed by atoms with E-state index in [1.165, 1.54) is 0 Å². The van der Waals surface area contributed by atoms with Gasteiger partial charge in [-0.15, -0.1) is 0 Å². The molecule has 3 aromatic rings. The standard InChI is InChI=1S/C21H18N4O/c1-15-4-2-3-5-17(15)12-21(26)25-20-11-10-19(14-23-20)24-18-8-6-16(13-22)7-9-18/h2-11,14,24H,12H2,1H3,(H,23,25,26). The Labute approximate surface area is 152 Å². The monoisotopic (exact) mass is 342 g/mol. The predicted molar refractivity (Wildman–Crippen MR) is 102 cm³/mol. The van der Waals surface area contributed by atoms with Gasteiger partial charge in [-0.25, -0.2) is 4.98 Å². The van der Waals surface area contributed by atoms with E-state index >= 15 is 0 Å². The van der Waals surface area contributed by atoms with Crippen molar-refractivity contribution in [3.05, 3.63) is 83.6 Å². The van der Waals surface area contributed by atoms with Crippen LogP contribution in [-0.2, 0) is 11.2 Å². The zero-order valence-electron chi connectivity index (χ0n) is 14.4. The second-order valence-corrected chi connectivity index (χ2v) is 5.90. The number of nitrogens with zero attached hydrogens (tertiary/aromatic N) is 2. The quantitative estimate of drug-likeness (QED) is 0.729. The number of carbonyl (C=O) groups is 1. The predicted octanol–water partition coefficient (Wildman–Crippen LogP) is 4.19. The maximum Gasteiger partial charge on any atom is 0.229 e. The minimum atomic E-state index is -0.0976. The SMILES string of the molecule is Cc1ccccc1CC(=O)Nc1ccc(Nc2ccc(C#N)cc2)cn1. The van der Waals surface area contributed by atoms with E-state index in [0.29, 0.717) is 17.8 Å². The molecule has 1 aromatic heterocycles. The average molecular weight is 342 g/mol. The summed E-state index contributed by atoms with van der Waals surface area (Å²) in [4.78, 5) is 16.4. The molecule has 5 nitrogen and oxygen atoms in total. The molecule has 0 spiro atoms. The first kappa shape index (κ1) is 17.2. The third-order valence-electron chi connectivity index (χ3n) is 3.95. The number of anilines is 3. The number of benzene rings is 2. The Kier molecular flexibility index (Phi) is 5.25. The van der Waals surface area contributed by atoms with Crippen LogP contribution in [0.3, 0.4) is 0 Å². The third kappa shape index (κ3) is 4.46. The van der Waals surface area contributed by atoms with Crippen LogP contribution in [0.25, 0.3) is 0 Å². The summed E-state index contributed by atoms with van der Waals surface area (Å²) in [6.07, 6.45) is 1.97. The highest BCUT2D eigenvalue weighted by molar-refractivity contribution is 5.91. The highest BCUT2D eigenvalue weighted by atomic mass is 16.1. The molecule has 0 aliphatic carbocycles. The Hall–Kier alpha value is -3.65. The van der Waals surface area contributed by atoms with Gasteiger partial charge in [-0.05, 0) is 54.4 Å². The Morgan fingerprint density at radius 1 is 1.04 bits per heavy atom. The smallest absolute Gasteiger partial charge is 0.229 e. The zero-order valence-corrected chi connectivity index (χ0v) is 14.4. The molecule has 0 saturated heterocycles. The van der Waals surface area contributed by atoms with Gasteiger partial charge in [-0.2, -0.15) is 5.26 Å². The van der Waals surface area contributed by atoms with Crippen LogP contribution >= 0.6 is 0 Å². The summed E-state index contributed by atoms with van der Waals surface area (Å²) in [5.74, 6) is 0.411. The molecule has 2 aromatic carbocycles. The van der Waals surface area contributed by atoms with Gasteiger partial charge < -0.3 is 10.6 Å². The van der Waals surface area contributed by atoms with Gasteiger partial charge in [-0.3, -0.25) is 4.79 Å². The van der Waals surface area contributed by atoms with Crippen LogP contribution in [0.2, 0.25) is 0 Å². The van der Waals surface area contributed by atoms with Crippen molar-refractivity contribution in [2.24, 2.45) is 0 Å². The molecule has 0 unspecified atom stereocenters. The lowest BCUT2D eigenvalue weighted by Crippen LogP contribution is -2.15. The maximum absolute atomic E-state index is 12.2. The Morgan fingerprint density at radius 2 is 1.77 bits per heavy atom. The molecular weight excluding hydrogens is 324 g/mol. The van der Waals surface area contributed by atoms with Gasteiger partial charge in [0, 0.05) is 5.69 Å². The fourth-order valence-electron chi connectivity index (χ4n) is 2.50. The first-order valence-corrected chi connectivity index (χ1v) is 8.21. The van der Waals surface area contributed by atoms with Crippen LogP contribution in [0.5, 0.6) is 0 Å². The number of carbonyl (C=O) groups excluding carboxylic acids is 1. The average Bonchev–Trinajstić information content (AvgIpc) is 2.66. The molecule has 128 valence electrons. The molecular formula is C21H18N4O. The minimum Gasteiger partial charge on any atom is -0.354 e. The molecule has 1 heterocycles. The van der Waals surface area contributed by atoms with E-state index in [9.17, 15) is 4.79 Å². The van der Waals surface area contributed by atoms with Crippen LogP contribution in [0.4, 0.5) is 17.2 Å². The van der Waals surface area contributed by atoms with Crippen LogP contribution in [0, 0.1) is 18.3 Å². The number of hydrogen-bond donors (Lipinski definition) is 2. The van der Waals surface area contributed by atoms with E-state index in [1.54, 1.807) is 24.4 Å². The molecule has 2 N–H and O–H groups in total. The highest BCUT2D eigenvalue weighted by Gasteiger charge is 2.07. The molecule has 0 fully saturated rings. The normalized spacial score (nSPS) is 10.0. The lowest BCUT2D eigenvalue weighted by Gasteiger charge is -2.09. The number of nitriles is 1. The van der Waals surface area contributed by atoms with E-state index in [-0.39, 0.29) is 5.91 Å². The second kappa shape index (κ2) is 7.95. The Morgan fingerprint density at radius 3 is 2.42 bits per heavy atom. The van der Waals surface area contributed by atoms with Crippen LogP contribution < -0.4 is 10.6 Å². The topological polar surface area (TPSA) is 77.8 Å². The molecule has 0 aliphatic heterocycles. The van der Waals surface area contributed by atoms with Crippen molar-refractivity contribution in [1.29, 1.82) is 5.26 Å². The fourth-order valence-corrected chi connectivity index (χ4v) is 2.50. The van der Waals surface area contributed by atoms with E-state index in [1.807, 2.05) is 49.4 Å². The molecule has 3 rings (SSSR count). The van der Waals surface area contributed by atoms with E-state index in [4.69, 9.17) is 5.26 Å². The van der Waals surface area contributed by atoms with Crippen molar-refractivity contribution >= 4 is 23.1 Å². The van der Waals surface area contributed by atoms with Crippen molar-refractivity contribution < 1.29 is 4.79 Å². The maximum atomic E-state index is 12.2. The largest absolute Gasteiger partial charge is 0.354 e. The number of amides is 1. The summed E-state index contributed by atoms with van der Waals surface area (Å²) >= 11 is 0. The lowest BCUT2D eigenvalue weighted by molar-refractivity contribution is -0.115. The van der Waals surface area contributed by atoms with Crippen molar-refractivity contribution in [3.8, 4) is 6.07 Å². The van der Waals surface area contributed by atoms with Gasteiger partial charge in [0.05, 0.1) is 29.9 Å². The zero-order chi connectivity index (χ0) is 18.4. The molecule has 1 amide bonds. The van der Waals surface area contributed by atoms with E-state index in [0.717, 1.165) is 22.5 Å². The van der Waals surface area contributed by atoms with E-state index in [2.05, 4.69) is 21.7 Å². The van der Waals surface area contributed by atoms with Crippen LogP contribution in [0.1, 0.15) is 16.7 Å². The van der Waals surface area contributed by atoms with Crippen LogP contribution in [-0.4, -0.2) is 10.9 Å². The molecule has 0 radical (unpaired) electrons. The summed E-state index contributed by atoms with van der Waals surface area (Å²) in [5, 5.41) is 14.8. The van der Waals surface area contributed by atoms with Gasteiger partial charge in [0.1, 0.15) is 5.82 Å². The summed E-state index contributed by atoms with van der Waals surface area (Å²) in [5.41, 5.74) is 4.37. The van der Waals surface area contributed by atoms with Gasteiger partial charge in [0.2, 0.25) is 5.91 Å². The second-order valence-electron chi connectivity index (χ2n) is 5.90. The van der Waals surface area contributed by atoms with Crippen molar-refractivity contribution in [2.75, 3.05) is 10.6 Å². The summed E-state index contributed by atoms with van der Waals surface area (Å²) in [6, 6.07) is 20.7. The fraction of sp³-hybridized carbons (Fsp3) is 0.0952. The number of nitrogens with one attached hydrogen (secondary N) is 2. The number of aromatic nitrogens is 1. The summed E-state index contributed by atoms with van der Waals surface area (Å²) in [7, 11) is 0. The molecule has 0 atom stereocenters. The molecule has 0 aliphatic rings. The minimum absolute atomic E-state index is 0.0976. The lowest BCUT2D eigenvalue weighted by atomic mass is 10.1. The van der Waals surface area contributed by atoms with Gasteiger partial charge in [0.25, 0.3) is 0 Å². The van der Waals surface area contributed by atoms with Gasteiger partial charge >= 0.3 is 0 Å². The molecule has 5 heteroatoms. The first-order valence-electron chi connectivity index (χ1n) is 8.21. The van der Waals surface area contributed by atoms with Gasteiger partial charge in [-0.1, -0.05) is 24.3 Å². The Balaban J connectivity index is 1.59. The molecule has 0 saturated carbocycles.